The van der Waals surface area contributed by atoms with Crippen LogP contribution in [0.2, 0.25) is 0 Å². The number of nitrogens with two attached hydrogens (primary N) is 1. The quantitative estimate of drug-likeness (QED) is 0.485. The molecule has 1 amide bonds. The van der Waals surface area contributed by atoms with Crippen molar-refractivity contribution in [2.24, 2.45) is 5.73 Å². The number of alkyl halides is 3. The zero-order valence-electron chi connectivity index (χ0n) is 18.2. The highest BCUT2D eigenvalue weighted by Gasteiger charge is 2.34. The number of halogens is 4. The Bertz CT molecular complexity index is 1310. The monoisotopic (exact) mass is 495 g/mol. The summed E-state index contributed by atoms with van der Waals surface area (Å²) < 4.78 is 80.9. The van der Waals surface area contributed by atoms with Crippen LogP contribution in [0.5, 0.6) is 0 Å². The Morgan fingerprint density at radius 1 is 1.03 bits per heavy atom. The van der Waals surface area contributed by atoms with E-state index in [2.05, 4.69) is 4.98 Å². The lowest BCUT2D eigenvalue weighted by atomic mass is 10.0. The molecule has 2 N–H and O–H groups in total. The lowest BCUT2D eigenvalue weighted by Crippen LogP contribution is -2.40. The molecule has 0 aliphatic heterocycles. The highest BCUT2D eigenvalue weighted by Crippen LogP contribution is 2.35. The molecule has 180 valence electrons. The van der Waals surface area contributed by atoms with Gasteiger partial charge in [0.05, 0.1) is 23.7 Å². The van der Waals surface area contributed by atoms with Crippen molar-refractivity contribution in [2.45, 2.75) is 25.6 Å². The van der Waals surface area contributed by atoms with E-state index in [4.69, 9.17) is 5.73 Å². The molecule has 0 aliphatic rings. The van der Waals surface area contributed by atoms with E-state index in [-0.39, 0.29) is 28.9 Å². The van der Waals surface area contributed by atoms with Gasteiger partial charge in [0.2, 0.25) is 15.9 Å². The van der Waals surface area contributed by atoms with Gasteiger partial charge in [-0.15, -0.1) is 0 Å². The Morgan fingerprint density at radius 2 is 1.68 bits per heavy atom. The van der Waals surface area contributed by atoms with E-state index in [1.165, 1.54) is 19.1 Å². The molecule has 3 aromatic rings. The molecule has 0 saturated carbocycles. The highest BCUT2D eigenvalue weighted by atomic mass is 32.2. The average molecular weight is 495 g/mol. The van der Waals surface area contributed by atoms with Crippen LogP contribution in [0.4, 0.5) is 23.2 Å². The second kappa shape index (κ2) is 9.41. The fourth-order valence-corrected chi connectivity index (χ4v) is 4.82. The van der Waals surface area contributed by atoms with Crippen molar-refractivity contribution in [2.75, 3.05) is 10.6 Å². The second-order valence-corrected chi connectivity index (χ2v) is 9.59. The molecule has 1 unspecified atom stereocenters. The molecule has 1 aromatic heterocycles. The predicted octanol–water partition coefficient (Wildman–Crippen LogP) is 4.60. The van der Waals surface area contributed by atoms with Crippen molar-refractivity contribution in [1.82, 2.24) is 4.98 Å². The zero-order chi connectivity index (χ0) is 25.3. The van der Waals surface area contributed by atoms with Gasteiger partial charge in [0.1, 0.15) is 11.5 Å². The first-order valence-corrected chi connectivity index (χ1v) is 11.8. The van der Waals surface area contributed by atoms with Gasteiger partial charge in [0, 0.05) is 12.0 Å². The van der Waals surface area contributed by atoms with Gasteiger partial charge in [0.15, 0.2) is 0 Å². The summed E-state index contributed by atoms with van der Waals surface area (Å²) in [4.78, 5) is 14.9. The van der Waals surface area contributed by atoms with Gasteiger partial charge in [-0.1, -0.05) is 36.4 Å². The molecule has 11 heteroatoms. The third kappa shape index (κ3) is 5.71. The van der Waals surface area contributed by atoms with Gasteiger partial charge < -0.3 is 5.73 Å². The maximum absolute atomic E-state index is 15.1. The van der Waals surface area contributed by atoms with E-state index in [1.54, 1.807) is 30.3 Å². The topological polar surface area (TPSA) is 93.4 Å². The Labute approximate surface area is 194 Å². The van der Waals surface area contributed by atoms with Crippen molar-refractivity contribution in [3.63, 3.8) is 0 Å². The molecule has 34 heavy (non-hydrogen) atoms. The number of carbonyl (C=O) groups is 1. The average Bonchev–Trinajstić information content (AvgIpc) is 2.73. The van der Waals surface area contributed by atoms with Crippen LogP contribution in [0.1, 0.15) is 19.0 Å². The van der Waals surface area contributed by atoms with E-state index >= 15 is 4.39 Å². The van der Waals surface area contributed by atoms with Crippen molar-refractivity contribution in [3.8, 4) is 22.4 Å². The van der Waals surface area contributed by atoms with Crippen molar-refractivity contribution >= 4 is 21.6 Å². The van der Waals surface area contributed by atoms with Crippen LogP contribution in [0, 0.1) is 5.82 Å². The lowest BCUT2D eigenvalue weighted by molar-refractivity contribution is -0.141. The van der Waals surface area contributed by atoms with E-state index in [0.29, 0.717) is 9.87 Å². The number of primary amides is 1. The Balaban J connectivity index is 2.13. The first kappa shape index (κ1) is 25.2. The van der Waals surface area contributed by atoms with E-state index < -0.39 is 39.7 Å². The molecular weight excluding hydrogens is 474 g/mol. The Hall–Kier alpha value is -3.47. The minimum absolute atomic E-state index is 0.0144. The fourth-order valence-electron chi connectivity index (χ4n) is 3.58. The summed E-state index contributed by atoms with van der Waals surface area (Å²) in [5.74, 6) is -1.79. The minimum Gasteiger partial charge on any atom is -0.370 e. The molecule has 0 saturated heterocycles. The number of carbonyl (C=O) groups excluding carboxylic acids is 1. The van der Waals surface area contributed by atoms with Gasteiger partial charge in [-0.2, -0.15) is 13.2 Å². The summed E-state index contributed by atoms with van der Waals surface area (Å²) in [5.41, 5.74) is 4.24. The van der Waals surface area contributed by atoms with Crippen LogP contribution in [-0.4, -0.2) is 31.6 Å². The van der Waals surface area contributed by atoms with Gasteiger partial charge in [-0.05, 0) is 42.3 Å². The number of hydrogen-bond acceptors (Lipinski definition) is 4. The lowest BCUT2D eigenvalue weighted by Gasteiger charge is -2.28. The number of pyridine rings is 1. The number of benzene rings is 2. The van der Waals surface area contributed by atoms with Crippen LogP contribution in [0.15, 0.2) is 60.7 Å². The van der Waals surface area contributed by atoms with Crippen molar-refractivity contribution in [3.05, 3.63) is 72.2 Å². The number of nitrogens with zero attached hydrogens (tertiary/aromatic N) is 2. The number of aromatic nitrogens is 1. The van der Waals surface area contributed by atoms with Crippen molar-refractivity contribution in [1.29, 1.82) is 0 Å². The summed E-state index contributed by atoms with van der Waals surface area (Å²) in [6, 6.07) is 12.9. The molecular formula is C23H21F4N3O3S. The van der Waals surface area contributed by atoms with E-state index in [9.17, 15) is 26.4 Å². The zero-order valence-corrected chi connectivity index (χ0v) is 19.0. The molecule has 6 nitrogen and oxygen atoms in total. The molecule has 0 fully saturated rings. The molecule has 0 radical (unpaired) electrons. The van der Waals surface area contributed by atoms with Gasteiger partial charge in [-0.3, -0.25) is 9.10 Å². The van der Waals surface area contributed by atoms with Crippen LogP contribution in [0.3, 0.4) is 0 Å². The standard InChI is InChI=1S/C23H21F4N3O3S/c1-14(10-22(28)31)30(34(2,32)33)20-9-8-16(11-18(20)24)19-12-17(15-6-4-3-5-7-15)13-21(29-19)23(25,26)27/h3-9,11-14H,10H2,1-2H3,(H2,28,31). The first-order valence-electron chi connectivity index (χ1n) is 9.99. The fraction of sp³-hybridized carbons (Fsp3) is 0.217. The maximum Gasteiger partial charge on any atom is 0.433 e. The smallest absolute Gasteiger partial charge is 0.370 e. The molecule has 0 bridgehead atoms. The van der Waals surface area contributed by atoms with Crippen LogP contribution in [0.25, 0.3) is 22.4 Å². The number of sulfonamides is 1. The second-order valence-electron chi connectivity index (χ2n) is 7.73. The predicted molar refractivity (Wildman–Crippen MR) is 121 cm³/mol. The summed E-state index contributed by atoms with van der Waals surface area (Å²) in [6.07, 6.45) is -4.25. The summed E-state index contributed by atoms with van der Waals surface area (Å²) >= 11 is 0. The third-order valence-corrected chi connectivity index (χ3v) is 6.23. The summed E-state index contributed by atoms with van der Waals surface area (Å²) in [5, 5.41) is 0. The van der Waals surface area contributed by atoms with Crippen LogP contribution < -0.4 is 10.0 Å². The summed E-state index contributed by atoms with van der Waals surface area (Å²) in [7, 11) is -4.01. The highest BCUT2D eigenvalue weighted by molar-refractivity contribution is 7.92. The van der Waals surface area contributed by atoms with Gasteiger partial charge in [-0.25, -0.2) is 17.8 Å². The largest absolute Gasteiger partial charge is 0.433 e. The Morgan fingerprint density at radius 3 is 2.21 bits per heavy atom. The molecule has 3 rings (SSSR count). The maximum atomic E-state index is 15.1. The molecule has 1 heterocycles. The van der Waals surface area contributed by atoms with E-state index in [1.807, 2.05) is 0 Å². The first-order chi connectivity index (χ1) is 15.8. The minimum atomic E-state index is -4.74. The van der Waals surface area contributed by atoms with E-state index in [0.717, 1.165) is 24.5 Å². The summed E-state index contributed by atoms with van der Waals surface area (Å²) in [6.45, 7) is 1.39. The molecule has 0 spiro atoms. The number of hydrogen-bond donors (Lipinski definition) is 1. The third-order valence-electron chi connectivity index (χ3n) is 4.96. The molecule has 0 aliphatic carbocycles. The number of amides is 1. The van der Waals surface area contributed by atoms with Crippen LogP contribution in [-0.2, 0) is 21.0 Å². The molecule has 1 atom stereocenters. The molecule has 2 aromatic carbocycles. The number of anilines is 1. The van der Waals surface area contributed by atoms with Gasteiger partial charge >= 0.3 is 6.18 Å². The Kier molecular flexibility index (Phi) is 6.97. The SMILES string of the molecule is CC(CC(N)=O)N(c1ccc(-c2cc(-c3ccccc3)cc(C(F)(F)F)n2)cc1F)S(C)(=O)=O. The number of rotatable bonds is 7. The normalized spacial score (nSPS) is 12.9. The van der Waals surface area contributed by atoms with Crippen molar-refractivity contribution < 1.29 is 30.8 Å². The van der Waals surface area contributed by atoms with Gasteiger partial charge in [0.25, 0.3) is 0 Å². The van der Waals surface area contributed by atoms with Crippen LogP contribution >= 0.6 is 0 Å².